The number of aryl methyl sites for hydroxylation is 3. The zero-order valence-corrected chi connectivity index (χ0v) is 12.0. The van der Waals surface area contributed by atoms with Gasteiger partial charge in [-0.05, 0) is 26.8 Å². The van der Waals surface area contributed by atoms with E-state index < -0.39 is 4.92 Å². The Morgan fingerprint density at radius 1 is 1.19 bits per heavy atom. The SMILES string of the molecule is Cc1cc(C)nc(N/N=C\c2ccc(C)c([N+](=O)[O-])c2)n1. The molecule has 0 atom stereocenters. The number of nitrogens with zero attached hydrogens (tertiary/aromatic N) is 4. The summed E-state index contributed by atoms with van der Waals surface area (Å²) in [6.07, 6.45) is 1.49. The molecule has 108 valence electrons. The van der Waals surface area contributed by atoms with Gasteiger partial charge in [-0.1, -0.05) is 12.1 Å². The average molecular weight is 285 g/mol. The number of aromatic nitrogens is 2. The van der Waals surface area contributed by atoms with E-state index in [0.717, 1.165) is 11.4 Å². The zero-order valence-electron chi connectivity index (χ0n) is 12.0. The first-order valence-corrected chi connectivity index (χ1v) is 6.32. The molecule has 1 aromatic heterocycles. The van der Waals surface area contributed by atoms with E-state index in [1.165, 1.54) is 12.3 Å². The van der Waals surface area contributed by atoms with Crippen molar-refractivity contribution in [2.24, 2.45) is 5.10 Å². The Labute approximate surface area is 121 Å². The van der Waals surface area contributed by atoms with Crippen molar-refractivity contribution < 1.29 is 4.92 Å². The Morgan fingerprint density at radius 3 is 2.48 bits per heavy atom. The van der Waals surface area contributed by atoms with Crippen LogP contribution in [-0.2, 0) is 0 Å². The second kappa shape index (κ2) is 6.08. The summed E-state index contributed by atoms with van der Waals surface area (Å²) in [5.74, 6) is 0.394. The van der Waals surface area contributed by atoms with Gasteiger partial charge in [0.25, 0.3) is 5.69 Å². The normalized spacial score (nSPS) is 10.8. The van der Waals surface area contributed by atoms with Crippen molar-refractivity contribution in [2.75, 3.05) is 5.43 Å². The van der Waals surface area contributed by atoms with Crippen molar-refractivity contribution in [2.45, 2.75) is 20.8 Å². The average Bonchev–Trinajstić information content (AvgIpc) is 2.39. The molecule has 2 rings (SSSR count). The van der Waals surface area contributed by atoms with Crippen molar-refractivity contribution >= 4 is 17.9 Å². The van der Waals surface area contributed by atoms with Gasteiger partial charge in [-0.3, -0.25) is 10.1 Å². The molecule has 0 unspecified atom stereocenters. The van der Waals surface area contributed by atoms with Crippen LogP contribution in [0.1, 0.15) is 22.5 Å². The molecule has 0 aliphatic rings. The lowest BCUT2D eigenvalue weighted by Gasteiger charge is -2.02. The van der Waals surface area contributed by atoms with E-state index in [9.17, 15) is 10.1 Å². The topological polar surface area (TPSA) is 93.3 Å². The highest BCUT2D eigenvalue weighted by Crippen LogP contribution is 2.18. The van der Waals surface area contributed by atoms with Crippen molar-refractivity contribution in [3.8, 4) is 0 Å². The largest absolute Gasteiger partial charge is 0.272 e. The number of benzene rings is 1. The number of hydrogen-bond donors (Lipinski definition) is 1. The number of nitro benzene ring substituents is 1. The van der Waals surface area contributed by atoms with Crippen LogP contribution in [0.4, 0.5) is 11.6 Å². The predicted molar refractivity (Wildman–Crippen MR) is 80.6 cm³/mol. The molecule has 0 spiro atoms. The van der Waals surface area contributed by atoms with Crippen molar-refractivity contribution in [1.29, 1.82) is 0 Å². The maximum Gasteiger partial charge on any atom is 0.272 e. The Kier molecular flexibility index (Phi) is 4.22. The molecule has 0 aliphatic carbocycles. The molecule has 0 bridgehead atoms. The molecule has 1 aromatic carbocycles. The summed E-state index contributed by atoms with van der Waals surface area (Å²) < 4.78 is 0. The van der Waals surface area contributed by atoms with Gasteiger partial charge in [0, 0.05) is 28.6 Å². The van der Waals surface area contributed by atoms with Gasteiger partial charge in [0.15, 0.2) is 0 Å². The van der Waals surface area contributed by atoms with Gasteiger partial charge in [-0.15, -0.1) is 0 Å². The summed E-state index contributed by atoms with van der Waals surface area (Å²) >= 11 is 0. The molecule has 2 aromatic rings. The molecule has 0 saturated heterocycles. The quantitative estimate of drug-likeness (QED) is 0.529. The lowest BCUT2D eigenvalue weighted by atomic mass is 10.1. The van der Waals surface area contributed by atoms with Crippen LogP contribution in [0.25, 0.3) is 0 Å². The maximum atomic E-state index is 10.9. The van der Waals surface area contributed by atoms with Gasteiger partial charge >= 0.3 is 0 Å². The highest BCUT2D eigenvalue weighted by Gasteiger charge is 2.09. The van der Waals surface area contributed by atoms with E-state index in [2.05, 4.69) is 20.5 Å². The molecule has 0 radical (unpaired) electrons. The third kappa shape index (κ3) is 3.82. The minimum atomic E-state index is -0.410. The van der Waals surface area contributed by atoms with Crippen molar-refractivity contribution in [3.05, 3.63) is 56.9 Å². The summed E-state index contributed by atoms with van der Waals surface area (Å²) in [5.41, 5.74) is 5.71. The number of hydrazone groups is 1. The molecule has 7 nitrogen and oxygen atoms in total. The molecular weight excluding hydrogens is 270 g/mol. The van der Waals surface area contributed by atoms with Crippen LogP contribution in [0.15, 0.2) is 29.4 Å². The van der Waals surface area contributed by atoms with E-state index >= 15 is 0 Å². The fourth-order valence-corrected chi connectivity index (χ4v) is 1.84. The number of nitrogens with one attached hydrogen (secondary N) is 1. The van der Waals surface area contributed by atoms with Gasteiger partial charge in [0.05, 0.1) is 11.1 Å². The molecule has 7 heteroatoms. The van der Waals surface area contributed by atoms with Crippen LogP contribution in [0, 0.1) is 30.9 Å². The van der Waals surface area contributed by atoms with Crippen LogP contribution >= 0.6 is 0 Å². The fourth-order valence-electron chi connectivity index (χ4n) is 1.84. The monoisotopic (exact) mass is 285 g/mol. The molecular formula is C14H15N5O2. The maximum absolute atomic E-state index is 10.9. The van der Waals surface area contributed by atoms with E-state index in [0.29, 0.717) is 17.1 Å². The first kappa shape index (κ1) is 14.6. The van der Waals surface area contributed by atoms with Gasteiger partial charge < -0.3 is 0 Å². The third-order valence-electron chi connectivity index (χ3n) is 2.79. The fraction of sp³-hybridized carbons (Fsp3) is 0.214. The summed E-state index contributed by atoms with van der Waals surface area (Å²) in [4.78, 5) is 18.8. The number of hydrogen-bond acceptors (Lipinski definition) is 6. The first-order chi connectivity index (χ1) is 9.95. The van der Waals surface area contributed by atoms with Crippen LogP contribution in [0.3, 0.4) is 0 Å². The standard InChI is InChI=1S/C14H15N5O2/c1-9-4-5-12(7-13(9)19(20)21)8-15-18-14-16-10(2)6-11(3)17-14/h4-8H,1-3H3,(H,16,17,18)/b15-8-. The van der Waals surface area contributed by atoms with E-state index in [1.807, 2.05) is 19.9 Å². The molecule has 0 saturated carbocycles. The number of nitro groups is 1. The number of anilines is 1. The highest BCUT2D eigenvalue weighted by molar-refractivity contribution is 5.81. The minimum absolute atomic E-state index is 0.0709. The Balaban J connectivity index is 2.14. The van der Waals surface area contributed by atoms with Crippen molar-refractivity contribution in [3.63, 3.8) is 0 Å². The second-order valence-corrected chi connectivity index (χ2v) is 4.65. The molecule has 1 N–H and O–H groups in total. The van der Waals surface area contributed by atoms with Crippen LogP contribution in [-0.4, -0.2) is 21.1 Å². The Morgan fingerprint density at radius 2 is 1.86 bits per heavy atom. The molecule has 0 fully saturated rings. The Hall–Kier alpha value is -2.83. The van der Waals surface area contributed by atoms with Crippen molar-refractivity contribution in [1.82, 2.24) is 9.97 Å². The zero-order chi connectivity index (χ0) is 15.4. The lowest BCUT2D eigenvalue weighted by molar-refractivity contribution is -0.385. The summed E-state index contributed by atoms with van der Waals surface area (Å²) in [6, 6.07) is 6.78. The van der Waals surface area contributed by atoms with E-state index in [-0.39, 0.29) is 5.69 Å². The summed E-state index contributed by atoms with van der Waals surface area (Å²) in [5, 5.41) is 14.9. The van der Waals surface area contributed by atoms with Gasteiger partial charge in [0.2, 0.25) is 5.95 Å². The minimum Gasteiger partial charge on any atom is -0.258 e. The van der Waals surface area contributed by atoms with E-state index in [4.69, 9.17) is 0 Å². The van der Waals surface area contributed by atoms with Gasteiger partial charge in [0.1, 0.15) is 0 Å². The third-order valence-corrected chi connectivity index (χ3v) is 2.79. The Bertz CT molecular complexity index is 692. The summed E-state index contributed by atoms with van der Waals surface area (Å²) in [7, 11) is 0. The highest BCUT2D eigenvalue weighted by atomic mass is 16.6. The van der Waals surface area contributed by atoms with E-state index in [1.54, 1.807) is 19.1 Å². The smallest absolute Gasteiger partial charge is 0.258 e. The van der Waals surface area contributed by atoms with Crippen LogP contribution in [0.2, 0.25) is 0 Å². The van der Waals surface area contributed by atoms with Crippen LogP contribution < -0.4 is 5.43 Å². The molecule has 0 aliphatic heterocycles. The lowest BCUT2D eigenvalue weighted by Crippen LogP contribution is -2.00. The predicted octanol–water partition coefficient (Wildman–Crippen LogP) is 2.76. The second-order valence-electron chi connectivity index (χ2n) is 4.65. The van der Waals surface area contributed by atoms with Crippen LogP contribution in [0.5, 0.6) is 0 Å². The van der Waals surface area contributed by atoms with Gasteiger partial charge in [-0.2, -0.15) is 5.10 Å². The van der Waals surface area contributed by atoms with Gasteiger partial charge in [-0.25, -0.2) is 15.4 Å². The molecule has 21 heavy (non-hydrogen) atoms. The molecule has 1 heterocycles. The molecule has 0 amide bonds. The number of rotatable bonds is 4. The summed E-state index contributed by atoms with van der Waals surface area (Å²) in [6.45, 7) is 5.43. The first-order valence-electron chi connectivity index (χ1n) is 6.32.